The molecule has 2 fully saturated rings. The summed E-state index contributed by atoms with van der Waals surface area (Å²) >= 11 is 0. The maximum atomic E-state index is 6.24. The molecule has 18 heavy (non-hydrogen) atoms. The molecule has 0 radical (unpaired) electrons. The van der Waals surface area contributed by atoms with Crippen molar-refractivity contribution in [3.63, 3.8) is 0 Å². The molecule has 0 amide bonds. The first-order valence-electron chi connectivity index (χ1n) is 7.34. The normalized spacial score (nSPS) is 23.8. The predicted molar refractivity (Wildman–Crippen MR) is 77.1 cm³/mol. The molecule has 1 aliphatic heterocycles. The Morgan fingerprint density at radius 3 is 2.39 bits per heavy atom. The highest BCUT2D eigenvalue weighted by atomic mass is 15.1. The number of hydrogen-bond acceptors (Lipinski definition) is 2. The van der Waals surface area contributed by atoms with Crippen LogP contribution < -0.4 is 10.6 Å². The van der Waals surface area contributed by atoms with Crippen molar-refractivity contribution in [1.82, 2.24) is 0 Å². The zero-order valence-electron chi connectivity index (χ0n) is 11.4. The fraction of sp³-hybridized carbons (Fsp3) is 0.625. The van der Waals surface area contributed by atoms with Crippen molar-refractivity contribution in [2.45, 2.75) is 50.5 Å². The summed E-state index contributed by atoms with van der Waals surface area (Å²) in [6.07, 6.45) is 6.57. The van der Waals surface area contributed by atoms with Crippen molar-refractivity contribution in [3.8, 4) is 0 Å². The second-order valence-corrected chi connectivity index (χ2v) is 6.01. The van der Waals surface area contributed by atoms with E-state index in [0.29, 0.717) is 0 Å². The fourth-order valence-corrected chi connectivity index (χ4v) is 3.41. The third-order valence-electron chi connectivity index (χ3n) is 4.80. The van der Waals surface area contributed by atoms with E-state index in [9.17, 15) is 0 Å². The van der Waals surface area contributed by atoms with Crippen LogP contribution in [0, 0.1) is 0 Å². The first-order valence-corrected chi connectivity index (χ1v) is 7.34. The molecular weight excluding hydrogens is 220 g/mol. The molecule has 1 aliphatic carbocycles. The van der Waals surface area contributed by atoms with Crippen molar-refractivity contribution in [2.24, 2.45) is 5.73 Å². The lowest BCUT2D eigenvalue weighted by atomic mass is 9.87. The van der Waals surface area contributed by atoms with Gasteiger partial charge in [0, 0.05) is 30.2 Å². The predicted octanol–water partition coefficient (Wildman–Crippen LogP) is 3.06. The average molecular weight is 244 g/mol. The van der Waals surface area contributed by atoms with Crippen LogP contribution >= 0.6 is 0 Å². The molecule has 2 nitrogen and oxygen atoms in total. The van der Waals surface area contributed by atoms with E-state index in [0.717, 1.165) is 0 Å². The third kappa shape index (κ3) is 1.93. The van der Waals surface area contributed by atoms with Gasteiger partial charge < -0.3 is 10.6 Å². The van der Waals surface area contributed by atoms with Gasteiger partial charge >= 0.3 is 0 Å². The first-order chi connectivity index (χ1) is 8.74. The Kier molecular flexibility index (Phi) is 3.06. The minimum atomic E-state index is 0.267. The maximum Gasteiger partial charge on any atom is 0.0405 e. The molecule has 3 rings (SSSR count). The van der Waals surface area contributed by atoms with Gasteiger partial charge in [-0.2, -0.15) is 0 Å². The molecule has 1 unspecified atom stereocenters. The lowest BCUT2D eigenvalue weighted by Gasteiger charge is -2.33. The lowest BCUT2D eigenvalue weighted by molar-refractivity contribution is 0.542. The van der Waals surface area contributed by atoms with Crippen LogP contribution in [0.25, 0.3) is 0 Å². The minimum absolute atomic E-state index is 0.267. The Bertz CT molecular complexity index is 415. The summed E-state index contributed by atoms with van der Waals surface area (Å²) in [5, 5.41) is 0. The van der Waals surface area contributed by atoms with Crippen molar-refractivity contribution in [2.75, 3.05) is 18.0 Å². The van der Waals surface area contributed by atoms with E-state index in [-0.39, 0.29) is 11.5 Å². The zero-order valence-corrected chi connectivity index (χ0v) is 11.4. The summed E-state index contributed by atoms with van der Waals surface area (Å²) in [5.74, 6) is 0. The Balaban J connectivity index is 1.95. The molecule has 1 aromatic rings. The summed E-state index contributed by atoms with van der Waals surface area (Å²) in [6, 6.07) is 9.21. The van der Waals surface area contributed by atoms with E-state index in [1.165, 1.54) is 56.4 Å². The Hall–Kier alpha value is -1.02. The number of rotatable bonds is 3. The van der Waals surface area contributed by atoms with Crippen LogP contribution in [0.2, 0.25) is 0 Å². The van der Waals surface area contributed by atoms with Crippen LogP contribution in [-0.4, -0.2) is 19.1 Å². The standard InChI is InChI=1S/C16H24N2/c1-13(17)16(9-10-16)14-7-3-4-8-15(14)18-11-5-2-6-12-18/h3-4,7-8,13H,2,5-6,9-12,17H2,1H3. The molecule has 0 aromatic heterocycles. The summed E-state index contributed by atoms with van der Waals surface area (Å²) in [6.45, 7) is 4.60. The molecule has 1 saturated heterocycles. The maximum absolute atomic E-state index is 6.24. The molecule has 1 saturated carbocycles. The Labute approximate surface area is 110 Å². The smallest absolute Gasteiger partial charge is 0.0405 e. The highest BCUT2D eigenvalue weighted by Gasteiger charge is 2.48. The molecule has 1 aromatic carbocycles. The van der Waals surface area contributed by atoms with Gasteiger partial charge in [0.2, 0.25) is 0 Å². The number of nitrogens with two attached hydrogens (primary N) is 1. The fourth-order valence-electron chi connectivity index (χ4n) is 3.41. The van der Waals surface area contributed by atoms with Crippen LogP contribution in [0.15, 0.2) is 24.3 Å². The molecule has 2 N–H and O–H groups in total. The third-order valence-corrected chi connectivity index (χ3v) is 4.80. The molecular formula is C16H24N2. The highest BCUT2D eigenvalue weighted by Crippen LogP contribution is 2.53. The van der Waals surface area contributed by atoms with Crippen molar-refractivity contribution in [3.05, 3.63) is 29.8 Å². The number of benzene rings is 1. The molecule has 2 heteroatoms. The van der Waals surface area contributed by atoms with E-state index in [4.69, 9.17) is 5.73 Å². The number of anilines is 1. The van der Waals surface area contributed by atoms with Gasteiger partial charge in [-0.05, 0) is 50.7 Å². The van der Waals surface area contributed by atoms with Gasteiger partial charge in [-0.3, -0.25) is 0 Å². The van der Waals surface area contributed by atoms with Crippen LogP contribution in [0.4, 0.5) is 5.69 Å². The van der Waals surface area contributed by atoms with E-state index in [2.05, 4.69) is 36.1 Å². The van der Waals surface area contributed by atoms with Gasteiger partial charge in [0.05, 0.1) is 0 Å². The molecule has 1 heterocycles. The van der Waals surface area contributed by atoms with Gasteiger partial charge in [0.1, 0.15) is 0 Å². The van der Waals surface area contributed by atoms with Crippen LogP contribution in [0.3, 0.4) is 0 Å². The molecule has 0 spiro atoms. The van der Waals surface area contributed by atoms with Gasteiger partial charge in [-0.25, -0.2) is 0 Å². The van der Waals surface area contributed by atoms with Gasteiger partial charge in [0.25, 0.3) is 0 Å². The number of piperidine rings is 1. The van der Waals surface area contributed by atoms with Crippen molar-refractivity contribution >= 4 is 5.69 Å². The summed E-state index contributed by atoms with van der Waals surface area (Å²) in [4.78, 5) is 2.57. The summed E-state index contributed by atoms with van der Waals surface area (Å²) < 4.78 is 0. The van der Waals surface area contributed by atoms with Gasteiger partial charge in [-0.1, -0.05) is 18.2 Å². The molecule has 98 valence electrons. The largest absolute Gasteiger partial charge is 0.371 e. The Morgan fingerprint density at radius 1 is 1.11 bits per heavy atom. The quantitative estimate of drug-likeness (QED) is 0.885. The van der Waals surface area contributed by atoms with E-state index in [1.807, 2.05) is 0 Å². The molecule has 1 atom stereocenters. The number of hydrogen-bond donors (Lipinski definition) is 1. The Morgan fingerprint density at radius 2 is 1.78 bits per heavy atom. The van der Waals surface area contributed by atoms with Crippen LogP contribution in [-0.2, 0) is 5.41 Å². The SMILES string of the molecule is CC(N)C1(c2ccccc2N2CCCCC2)CC1. The summed E-state index contributed by atoms with van der Waals surface area (Å²) in [7, 11) is 0. The second-order valence-electron chi connectivity index (χ2n) is 6.01. The highest BCUT2D eigenvalue weighted by molar-refractivity contribution is 5.59. The van der Waals surface area contributed by atoms with Crippen molar-refractivity contribution < 1.29 is 0 Å². The van der Waals surface area contributed by atoms with E-state index in [1.54, 1.807) is 0 Å². The lowest BCUT2D eigenvalue weighted by Crippen LogP contribution is -2.35. The monoisotopic (exact) mass is 244 g/mol. The molecule has 2 aliphatic rings. The van der Waals surface area contributed by atoms with Crippen molar-refractivity contribution in [1.29, 1.82) is 0 Å². The van der Waals surface area contributed by atoms with E-state index < -0.39 is 0 Å². The van der Waals surface area contributed by atoms with Crippen LogP contribution in [0.5, 0.6) is 0 Å². The van der Waals surface area contributed by atoms with Gasteiger partial charge in [-0.15, -0.1) is 0 Å². The summed E-state index contributed by atoms with van der Waals surface area (Å²) in [5.41, 5.74) is 9.47. The van der Waals surface area contributed by atoms with Gasteiger partial charge in [0.15, 0.2) is 0 Å². The zero-order chi connectivity index (χ0) is 12.6. The average Bonchev–Trinajstić information content (AvgIpc) is 3.21. The second kappa shape index (κ2) is 4.58. The molecule has 0 bridgehead atoms. The first kappa shape index (κ1) is 12.0. The topological polar surface area (TPSA) is 29.3 Å². The van der Waals surface area contributed by atoms with Crippen LogP contribution in [0.1, 0.15) is 44.6 Å². The number of para-hydroxylation sites is 1. The number of nitrogens with zero attached hydrogens (tertiary/aromatic N) is 1. The van der Waals surface area contributed by atoms with E-state index >= 15 is 0 Å². The minimum Gasteiger partial charge on any atom is -0.371 e.